The highest BCUT2D eigenvalue weighted by Gasteiger charge is 2.11. The van der Waals surface area contributed by atoms with E-state index in [1.165, 1.54) is 31.2 Å². The lowest BCUT2D eigenvalue weighted by atomic mass is 10.0. The molecule has 0 aliphatic carbocycles. The van der Waals surface area contributed by atoms with Crippen molar-refractivity contribution in [3.8, 4) is 5.75 Å². The Kier molecular flexibility index (Phi) is 7.36. The van der Waals surface area contributed by atoms with Crippen LogP contribution in [0.5, 0.6) is 5.75 Å². The SMILES string of the molecule is CCCCC(NCCC)c1ccc(OC)c(Br)c1. The number of nitrogens with one attached hydrogen (secondary N) is 1. The maximum absolute atomic E-state index is 5.27. The van der Waals surface area contributed by atoms with Gasteiger partial charge in [-0.2, -0.15) is 0 Å². The second-order valence-electron chi connectivity index (χ2n) is 4.54. The van der Waals surface area contributed by atoms with Crippen LogP contribution in [0.15, 0.2) is 22.7 Å². The molecule has 0 heterocycles. The summed E-state index contributed by atoms with van der Waals surface area (Å²) in [6.45, 7) is 5.51. The predicted octanol–water partition coefficient (Wildman–Crippen LogP) is 4.69. The van der Waals surface area contributed by atoms with E-state index < -0.39 is 0 Å². The summed E-state index contributed by atoms with van der Waals surface area (Å²) in [5.41, 5.74) is 1.34. The first-order valence-electron chi connectivity index (χ1n) is 6.79. The summed E-state index contributed by atoms with van der Waals surface area (Å²) in [5.74, 6) is 0.892. The van der Waals surface area contributed by atoms with E-state index in [4.69, 9.17) is 4.74 Å². The maximum Gasteiger partial charge on any atom is 0.133 e. The Morgan fingerprint density at radius 2 is 2.06 bits per heavy atom. The highest BCUT2D eigenvalue weighted by Crippen LogP contribution is 2.29. The minimum atomic E-state index is 0.451. The van der Waals surface area contributed by atoms with Crippen LogP contribution in [-0.2, 0) is 0 Å². The summed E-state index contributed by atoms with van der Waals surface area (Å²) in [5, 5.41) is 3.62. The molecule has 0 bridgehead atoms. The van der Waals surface area contributed by atoms with Crippen molar-refractivity contribution in [2.45, 2.75) is 45.6 Å². The van der Waals surface area contributed by atoms with Crippen molar-refractivity contribution < 1.29 is 4.74 Å². The molecule has 1 aromatic rings. The zero-order valence-corrected chi connectivity index (χ0v) is 13.2. The Balaban J connectivity index is 2.79. The molecule has 102 valence electrons. The van der Waals surface area contributed by atoms with Crippen LogP contribution in [0.25, 0.3) is 0 Å². The molecular weight excluding hydrogens is 290 g/mol. The highest BCUT2D eigenvalue weighted by atomic mass is 79.9. The van der Waals surface area contributed by atoms with E-state index in [0.29, 0.717) is 6.04 Å². The first-order chi connectivity index (χ1) is 8.72. The fourth-order valence-corrected chi connectivity index (χ4v) is 2.57. The van der Waals surface area contributed by atoms with Crippen LogP contribution in [0.3, 0.4) is 0 Å². The molecule has 3 heteroatoms. The van der Waals surface area contributed by atoms with Gasteiger partial charge >= 0.3 is 0 Å². The molecule has 1 unspecified atom stereocenters. The molecule has 0 aliphatic rings. The van der Waals surface area contributed by atoms with Crippen molar-refractivity contribution in [3.63, 3.8) is 0 Å². The second kappa shape index (κ2) is 8.54. The van der Waals surface area contributed by atoms with Gasteiger partial charge in [0, 0.05) is 6.04 Å². The lowest BCUT2D eigenvalue weighted by molar-refractivity contribution is 0.411. The third-order valence-corrected chi connectivity index (χ3v) is 3.69. The van der Waals surface area contributed by atoms with Crippen molar-refractivity contribution in [1.82, 2.24) is 5.32 Å². The first kappa shape index (κ1) is 15.5. The Labute approximate surface area is 119 Å². The normalized spacial score (nSPS) is 12.4. The second-order valence-corrected chi connectivity index (χ2v) is 5.40. The van der Waals surface area contributed by atoms with Crippen molar-refractivity contribution >= 4 is 15.9 Å². The number of methoxy groups -OCH3 is 1. The smallest absolute Gasteiger partial charge is 0.133 e. The van der Waals surface area contributed by atoms with Crippen LogP contribution in [0, 0.1) is 0 Å². The quantitative estimate of drug-likeness (QED) is 0.751. The van der Waals surface area contributed by atoms with E-state index >= 15 is 0 Å². The van der Waals surface area contributed by atoms with Crippen LogP contribution >= 0.6 is 15.9 Å². The van der Waals surface area contributed by atoms with Crippen LogP contribution in [0.2, 0.25) is 0 Å². The molecule has 0 amide bonds. The largest absolute Gasteiger partial charge is 0.496 e. The molecule has 0 saturated heterocycles. The summed E-state index contributed by atoms with van der Waals surface area (Å²) >= 11 is 3.56. The number of hydrogen-bond acceptors (Lipinski definition) is 2. The molecule has 2 nitrogen and oxygen atoms in total. The van der Waals surface area contributed by atoms with Crippen LogP contribution in [-0.4, -0.2) is 13.7 Å². The van der Waals surface area contributed by atoms with Crippen molar-refractivity contribution in [2.75, 3.05) is 13.7 Å². The van der Waals surface area contributed by atoms with E-state index in [0.717, 1.165) is 16.8 Å². The standard InChI is InChI=1S/C15H24BrNO/c1-4-6-7-14(17-10-5-2)12-8-9-15(18-3)13(16)11-12/h8-9,11,14,17H,4-7,10H2,1-3H3. The zero-order chi connectivity index (χ0) is 13.4. The fourth-order valence-electron chi connectivity index (χ4n) is 2.01. The van der Waals surface area contributed by atoms with E-state index in [1.54, 1.807) is 7.11 Å². The average molecular weight is 314 g/mol. The topological polar surface area (TPSA) is 21.3 Å². The number of halogens is 1. The van der Waals surface area contributed by atoms with Crippen molar-refractivity contribution in [1.29, 1.82) is 0 Å². The molecule has 0 aliphatic heterocycles. The van der Waals surface area contributed by atoms with E-state index in [2.05, 4.69) is 47.2 Å². The number of unbranched alkanes of at least 4 members (excludes halogenated alkanes) is 1. The highest BCUT2D eigenvalue weighted by molar-refractivity contribution is 9.10. The van der Waals surface area contributed by atoms with Crippen molar-refractivity contribution in [2.24, 2.45) is 0 Å². The summed E-state index contributed by atoms with van der Waals surface area (Å²) in [6.07, 6.45) is 4.85. The monoisotopic (exact) mass is 313 g/mol. The van der Waals surface area contributed by atoms with Gasteiger partial charge in [0.1, 0.15) is 5.75 Å². The Morgan fingerprint density at radius 1 is 1.28 bits per heavy atom. The summed E-state index contributed by atoms with van der Waals surface area (Å²) < 4.78 is 6.30. The lowest BCUT2D eigenvalue weighted by Crippen LogP contribution is -2.22. The number of hydrogen-bond donors (Lipinski definition) is 1. The summed E-state index contributed by atoms with van der Waals surface area (Å²) in [6, 6.07) is 6.81. The Morgan fingerprint density at radius 3 is 2.61 bits per heavy atom. The van der Waals surface area contributed by atoms with Gasteiger partial charge in [0.25, 0.3) is 0 Å². The molecule has 0 aromatic heterocycles. The van der Waals surface area contributed by atoms with Crippen molar-refractivity contribution in [3.05, 3.63) is 28.2 Å². The third-order valence-electron chi connectivity index (χ3n) is 3.07. The molecule has 1 atom stereocenters. The van der Waals surface area contributed by atoms with E-state index in [-0.39, 0.29) is 0 Å². The Hall–Kier alpha value is -0.540. The van der Waals surface area contributed by atoms with Crippen LogP contribution in [0.1, 0.15) is 51.1 Å². The van der Waals surface area contributed by atoms with Gasteiger partial charge in [0.2, 0.25) is 0 Å². The summed E-state index contributed by atoms with van der Waals surface area (Å²) in [4.78, 5) is 0. The minimum Gasteiger partial charge on any atom is -0.496 e. The van der Waals surface area contributed by atoms with Gasteiger partial charge < -0.3 is 10.1 Å². The lowest BCUT2D eigenvalue weighted by Gasteiger charge is -2.19. The molecule has 1 N–H and O–H groups in total. The molecular formula is C15H24BrNO. The molecule has 0 fully saturated rings. The molecule has 1 rings (SSSR count). The van der Waals surface area contributed by atoms with Gasteiger partial charge in [-0.15, -0.1) is 0 Å². The summed E-state index contributed by atoms with van der Waals surface area (Å²) in [7, 11) is 1.70. The van der Waals surface area contributed by atoms with Gasteiger partial charge in [0.05, 0.1) is 11.6 Å². The van der Waals surface area contributed by atoms with Crippen LogP contribution < -0.4 is 10.1 Å². The van der Waals surface area contributed by atoms with Gasteiger partial charge in [-0.3, -0.25) is 0 Å². The van der Waals surface area contributed by atoms with Gasteiger partial charge in [0.15, 0.2) is 0 Å². The number of benzene rings is 1. The molecule has 0 radical (unpaired) electrons. The maximum atomic E-state index is 5.27. The first-order valence-corrected chi connectivity index (χ1v) is 7.59. The molecule has 0 saturated carbocycles. The van der Waals surface area contributed by atoms with Crippen LogP contribution in [0.4, 0.5) is 0 Å². The molecule has 1 aromatic carbocycles. The number of ether oxygens (including phenoxy) is 1. The minimum absolute atomic E-state index is 0.451. The predicted molar refractivity (Wildman–Crippen MR) is 81.3 cm³/mol. The van der Waals surface area contributed by atoms with E-state index in [1.807, 2.05) is 6.07 Å². The van der Waals surface area contributed by atoms with Gasteiger partial charge in [-0.1, -0.05) is 32.8 Å². The molecule has 0 spiro atoms. The Bertz CT molecular complexity index is 346. The van der Waals surface area contributed by atoms with Gasteiger partial charge in [-0.25, -0.2) is 0 Å². The van der Waals surface area contributed by atoms with E-state index in [9.17, 15) is 0 Å². The van der Waals surface area contributed by atoms with Gasteiger partial charge in [-0.05, 0) is 53.0 Å². The third kappa shape index (κ3) is 4.62. The zero-order valence-electron chi connectivity index (χ0n) is 11.6. The number of rotatable bonds is 8. The average Bonchev–Trinajstić information content (AvgIpc) is 2.39. The fraction of sp³-hybridized carbons (Fsp3) is 0.600. The molecule has 18 heavy (non-hydrogen) atoms.